The number of aromatic nitrogens is 1. The fourth-order valence-corrected chi connectivity index (χ4v) is 4.81. The van der Waals surface area contributed by atoms with Gasteiger partial charge in [-0.3, -0.25) is 0 Å². The Morgan fingerprint density at radius 3 is 2.04 bits per heavy atom. The van der Waals surface area contributed by atoms with E-state index in [1.54, 1.807) is 11.3 Å². The molecule has 0 aliphatic carbocycles. The Labute approximate surface area is 176 Å². The second-order valence-electron chi connectivity index (χ2n) is 7.72. The summed E-state index contributed by atoms with van der Waals surface area (Å²) in [6.45, 7) is 4.57. The van der Waals surface area contributed by atoms with Crippen LogP contribution in [0.5, 0.6) is 0 Å². The molecule has 152 valence electrons. The molecule has 0 atom stereocenters. The summed E-state index contributed by atoms with van der Waals surface area (Å²) in [5.41, 5.74) is 4.25. The number of thiazole rings is 1. The van der Waals surface area contributed by atoms with E-state index in [0.717, 1.165) is 5.13 Å². The number of anilines is 1. The van der Waals surface area contributed by atoms with Crippen LogP contribution in [0.1, 0.15) is 102 Å². The van der Waals surface area contributed by atoms with Crippen LogP contribution in [0, 0.1) is 0 Å². The van der Waals surface area contributed by atoms with Crippen LogP contribution in [0.2, 0.25) is 0 Å². The van der Waals surface area contributed by atoms with Crippen molar-refractivity contribution in [3.05, 3.63) is 23.3 Å². The standard InChI is InChI=1S/C23H38N2S2/c1-3-5-7-9-11-13-15-19-17-18-21-22(24-23(25-26)27-21)20(19)16-14-12-10-8-6-4-2/h17-18,26H,3-16H2,1-2H3,(H,24,25). The van der Waals surface area contributed by atoms with Crippen molar-refractivity contribution < 1.29 is 0 Å². The molecular formula is C23H38N2S2. The molecule has 2 nitrogen and oxygen atoms in total. The number of aryl methyl sites for hydroxylation is 2. The van der Waals surface area contributed by atoms with Gasteiger partial charge < -0.3 is 4.72 Å². The van der Waals surface area contributed by atoms with Crippen molar-refractivity contribution in [2.75, 3.05) is 4.72 Å². The van der Waals surface area contributed by atoms with Crippen LogP contribution in [0.25, 0.3) is 10.2 Å². The maximum atomic E-state index is 4.82. The zero-order valence-electron chi connectivity index (χ0n) is 17.4. The highest BCUT2D eigenvalue weighted by molar-refractivity contribution is 7.82. The van der Waals surface area contributed by atoms with Crippen LogP contribution in [0.15, 0.2) is 12.1 Å². The van der Waals surface area contributed by atoms with Gasteiger partial charge >= 0.3 is 0 Å². The third-order valence-electron chi connectivity index (χ3n) is 5.44. The summed E-state index contributed by atoms with van der Waals surface area (Å²) in [6, 6.07) is 4.63. The topological polar surface area (TPSA) is 24.9 Å². The molecular weight excluding hydrogens is 368 g/mol. The van der Waals surface area contributed by atoms with E-state index in [4.69, 9.17) is 4.98 Å². The molecule has 0 saturated heterocycles. The first-order valence-electron chi connectivity index (χ1n) is 11.1. The Morgan fingerprint density at radius 2 is 1.41 bits per heavy atom. The van der Waals surface area contributed by atoms with E-state index in [2.05, 4.69) is 43.5 Å². The average Bonchev–Trinajstić information content (AvgIpc) is 3.11. The van der Waals surface area contributed by atoms with Crippen molar-refractivity contribution in [3.63, 3.8) is 0 Å². The van der Waals surface area contributed by atoms with Gasteiger partial charge in [-0.15, -0.1) is 0 Å². The zero-order chi connectivity index (χ0) is 19.3. The monoisotopic (exact) mass is 406 g/mol. The maximum Gasteiger partial charge on any atom is 0.193 e. The van der Waals surface area contributed by atoms with Crippen molar-refractivity contribution in [2.45, 2.75) is 104 Å². The molecule has 0 saturated carbocycles. The number of thiol groups is 1. The largest absolute Gasteiger partial charge is 0.308 e. The molecule has 1 heterocycles. The Kier molecular flexibility index (Phi) is 11.2. The molecule has 2 aromatic rings. The van der Waals surface area contributed by atoms with Crippen LogP contribution >= 0.6 is 24.2 Å². The lowest BCUT2D eigenvalue weighted by molar-refractivity contribution is 0.600. The summed E-state index contributed by atoms with van der Waals surface area (Å²) in [7, 11) is 0. The summed E-state index contributed by atoms with van der Waals surface area (Å²) >= 11 is 5.90. The zero-order valence-corrected chi connectivity index (χ0v) is 19.1. The van der Waals surface area contributed by atoms with Crippen molar-refractivity contribution >= 4 is 39.5 Å². The Bertz CT molecular complexity index is 651. The van der Waals surface area contributed by atoms with Gasteiger partial charge in [-0.25, -0.2) is 4.98 Å². The van der Waals surface area contributed by atoms with Gasteiger partial charge in [-0.2, -0.15) is 0 Å². The molecule has 0 bridgehead atoms. The highest BCUT2D eigenvalue weighted by Gasteiger charge is 2.12. The fourth-order valence-electron chi connectivity index (χ4n) is 3.83. The molecule has 27 heavy (non-hydrogen) atoms. The predicted molar refractivity (Wildman–Crippen MR) is 126 cm³/mol. The first-order valence-corrected chi connectivity index (χ1v) is 12.4. The molecule has 0 fully saturated rings. The van der Waals surface area contributed by atoms with Gasteiger partial charge in [0.1, 0.15) is 0 Å². The highest BCUT2D eigenvalue weighted by atomic mass is 32.1. The minimum absolute atomic E-state index is 0.911. The van der Waals surface area contributed by atoms with E-state index < -0.39 is 0 Å². The lowest BCUT2D eigenvalue weighted by Crippen LogP contribution is -1.97. The van der Waals surface area contributed by atoms with Gasteiger partial charge in [0.25, 0.3) is 0 Å². The fraction of sp³-hybridized carbons (Fsp3) is 0.696. The summed E-state index contributed by atoms with van der Waals surface area (Å²) < 4.78 is 4.22. The van der Waals surface area contributed by atoms with Gasteiger partial charge in [-0.05, 0) is 42.9 Å². The maximum absolute atomic E-state index is 4.82. The normalized spacial score (nSPS) is 11.4. The molecule has 4 heteroatoms. The molecule has 0 amide bonds. The van der Waals surface area contributed by atoms with Crippen molar-refractivity contribution in [1.29, 1.82) is 0 Å². The number of nitrogens with one attached hydrogen (secondary N) is 1. The molecule has 0 aliphatic rings. The molecule has 2 rings (SSSR count). The minimum atomic E-state index is 0.911. The molecule has 1 N–H and O–H groups in total. The lowest BCUT2D eigenvalue weighted by Gasteiger charge is -2.11. The quantitative estimate of drug-likeness (QED) is 0.229. The summed E-state index contributed by atoms with van der Waals surface area (Å²) in [5, 5.41) is 0.911. The number of rotatable bonds is 15. The molecule has 0 radical (unpaired) electrons. The number of hydrogen-bond donors (Lipinski definition) is 2. The highest BCUT2D eigenvalue weighted by Crippen LogP contribution is 2.32. The van der Waals surface area contributed by atoms with Crippen molar-refractivity contribution in [3.8, 4) is 0 Å². The summed E-state index contributed by atoms with van der Waals surface area (Å²) in [5.74, 6) is 0. The van der Waals surface area contributed by atoms with Crippen LogP contribution in [-0.4, -0.2) is 4.98 Å². The van der Waals surface area contributed by atoms with Gasteiger partial charge in [0.05, 0.1) is 10.2 Å². The van der Waals surface area contributed by atoms with E-state index in [1.807, 2.05) is 0 Å². The van der Waals surface area contributed by atoms with Gasteiger partial charge in [0, 0.05) is 0 Å². The minimum Gasteiger partial charge on any atom is -0.308 e. The Balaban J connectivity index is 1.98. The number of unbranched alkanes of at least 4 members (excludes halogenated alkanes) is 10. The van der Waals surface area contributed by atoms with E-state index in [0.29, 0.717) is 0 Å². The van der Waals surface area contributed by atoms with E-state index in [9.17, 15) is 0 Å². The van der Waals surface area contributed by atoms with Crippen LogP contribution in [0.4, 0.5) is 5.13 Å². The van der Waals surface area contributed by atoms with E-state index in [1.165, 1.54) is 111 Å². The van der Waals surface area contributed by atoms with Crippen LogP contribution < -0.4 is 4.72 Å². The number of hydrogen-bond acceptors (Lipinski definition) is 4. The van der Waals surface area contributed by atoms with Crippen molar-refractivity contribution in [1.82, 2.24) is 4.98 Å². The average molecular weight is 407 g/mol. The lowest BCUT2D eigenvalue weighted by atomic mass is 9.95. The first kappa shape index (κ1) is 22.5. The smallest absolute Gasteiger partial charge is 0.193 e. The first-order chi connectivity index (χ1) is 13.3. The Morgan fingerprint density at radius 1 is 0.815 bits per heavy atom. The molecule has 1 aromatic carbocycles. The SMILES string of the molecule is CCCCCCCCc1ccc2sc(NS)nc2c1CCCCCCCC. The second-order valence-corrected chi connectivity index (χ2v) is 8.97. The number of benzene rings is 1. The third-order valence-corrected chi connectivity index (χ3v) is 6.74. The van der Waals surface area contributed by atoms with Crippen LogP contribution in [-0.2, 0) is 12.8 Å². The number of nitrogens with zero attached hydrogens (tertiary/aromatic N) is 1. The molecule has 0 unspecified atom stereocenters. The second kappa shape index (κ2) is 13.4. The third kappa shape index (κ3) is 7.65. The molecule has 0 aliphatic heterocycles. The van der Waals surface area contributed by atoms with Crippen LogP contribution in [0.3, 0.4) is 0 Å². The number of fused-ring (bicyclic) bond motifs is 1. The van der Waals surface area contributed by atoms with E-state index in [-0.39, 0.29) is 0 Å². The van der Waals surface area contributed by atoms with Gasteiger partial charge in [-0.1, -0.05) is 108 Å². The Hall–Kier alpha value is -0.740. The predicted octanol–water partition coefficient (Wildman–Crippen LogP) is 8.36. The van der Waals surface area contributed by atoms with E-state index >= 15 is 0 Å². The summed E-state index contributed by atoms with van der Waals surface area (Å²) in [4.78, 5) is 4.82. The van der Waals surface area contributed by atoms with Gasteiger partial charge in [0.15, 0.2) is 5.13 Å². The summed E-state index contributed by atoms with van der Waals surface area (Å²) in [6.07, 6.45) is 18.6. The molecule has 0 spiro atoms. The van der Waals surface area contributed by atoms with Gasteiger partial charge in [0.2, 0.25) is 0 Å². The van der Waals surface area contributed by atoms with Crippen molar-refractivity contribution in [2.24, 2.45) is 0 Å². The molecule has 1 aromatic heterocycles.